The lowest BCUT2D eigenvalue weighted by molar-refractivity contribution is -0.115. The quantitative estimate of drug-likeness (QED) is 0.208. The van der Waals surface area contributed by atoms with Crippen molar-refractivity contribution in [1.29, 1.82) is 0 Å². The van der Waals surface area contributed by atoms with Crippen LogP contribution in [-0.2, 0) is 44.9 Å². The van der Waals surface area contributed by atoms with Crippen LogP contribution < -0.4 is 10.1 Å². The average Bonchev–Trinajstić information content (AvgIpc) is 3.46. The van der Waals surface area contributed by atoms with Gasteiger partial charge in [-0.2, -0.15) is 4.99 Å². The van der Waals surface area contributed by atoms with Crippen LogP contribution in [0.3, 0.4) is 0 Å². The molecular weight excluding hydrogens is 639 g/mol. The number of hydrogen-bond acceptors (Lipinski definition) is 13. The number of anilines is 1. The molecular formula is C27H31N3O11S3. The van der Waals surface area contributed by atoms with Crippen molar-refractivity contribution in [2.75, 3.05) is 50.9 Å². The summed E-state index contributed by atoms with van der Waals surface area (Å²) < 4.78 is 47.8. The van der Waals surface area contributed by atoms with E-state index in [9.17, 15) is 32.4 Å². The number of aromatic nitrogens is 1. The molecule has 3 rings (SSSR count). The molecule has 0 aliphatic carbocycles. The molecule has 2 aromatic heterocycles. The first kappa shape index (κ1) is 34.6. The molecule has 1 aromatic carbocycles. The van der Waals surface area contributed by atoms with Crippen LogP contribution >= 0.6 is 22.7 Å². The van der Waals surface area contributed by atoms with Crippen molar-refractivity contribution in [2.45, 2.75) is 27.3 Å². The van der Waals surface area contributed by atoms with E-state index in [0.717, 1.165) is 22.7 Å². The molecule has 0 unspecified atom stereocenters. The van der Waals surface area contributed by atoms with Crippen molar-refractivity contribution in [3.8, 4) is 0 Å². The lowest BCUT2D eigenvalue weighted by Crippen LogP contribution is -2.28. The third kappa shape index (κ3) is 8.37. The molecule has 3 aromatic rings. The molecule has 0 bridgehead atoms. The number of sulfone groups is 1. The highest BCUT2D eigenvalue weighted by atomic mass is 32.2. The zero-order valence-corrected chi connectivity index (χ0v) is 27.0. The van der Waals surface area contributed by atoms with Crippen LogP contribution in [0.4, 0.5) is 5.00 Å². The third-order valence-electron chi connectivity index (χ3n) is 5.88. The number of amides is 2. The van der Waals surface area contributed by atoms with E-state index in [1.165, 1.54) is 21.1 Å². The van der Waals surface area contributed by atoms with Crippen LogP contribution in [0.15, 0.2) is 23.2 Å². The molecule has 2 amide bonds. The van der Waals surface area contributed by atoms with Gasteiger partial charge in [0.15, 0.2) is 14.6 Å². The van der Waals surface area contributed by atoms with E-state index in [-0.39, 0.29) is 57.7 Å². The van der Waals surface area contributed by atoms with E-state index >= 15 is 0 Å². The van der Waals surface area contributed by atoms with Crippen LogP contribution in [0.25, 0.3) is 10.2 Å². The minimum atomic E-state index is -4.32. The highest BCUT2D eigenvalue weighted by Gasteiger charge is 2.29. The predicted octanol–water partition coefficient (Wildman–Crippen LogP) is 2.34. The Morgan fingerprint density at radius 1 is 0.955 bits per heavy atom. The molecule has 0 aliphatic heterocycles. The minimum Gasteiger partial charge on any atom is -0.465 e. The molecule has 17 heteroatoms. The summed E-state index contributed by atoms with van der Waals surface area (Å²) in [5.41, 5.74) is 1.03. The molecule has 44 heavy (non-hydrogen) atoms. The van der Waals surface area contributed by atoms with E-state index < -0.39 is 51.1 Å². The Morgan fingerprint density at radius 3 is 2.27 bits per heavy atom. The number of methoxy groups -OCH3 is 2. The van der Waals surface area contributed by atoms with Gasteiger partial charge in [-0.15, -0.1) is 11.3 Å². The lowest BCUT2D eigenvalue weighted by atomic mass is 10.1. The Kier molecular flexibility index (Phi) is 11.9. The van der Waals surface area contributed by atoms with E-state index in [2.05, 4.69) is 10.3 Å². The van der Waals surface area contributed by atoms with Crippen molar-refractivity contribution >= 4 is 77.5 Å². The van der Waals surface area contributed by atoms with Gasteiger partial charge in [-0.25, -0.2) is 22.8 Å². The number of fused-ring (bicyclic) bond motifs is 1. The summed E-state index contributed by atoms with van der Waals surface area (Å²) in [5.74, 6) is -6.30. The topological polar surface area (TPSA) is 186 Å². The number of thiazole rings is 1. The zero-order valence-electron chi connectivity index (χ0n) is 24.6. The molecule has 0 aliphatic rings. The van der Waals surface area contributed by atoms with E-state index in [1.807, 2.05) is 0 Å². The number of thiophene rings is 1. The number of carbonyl (C=O) groups excluding carboxylic acids is 5. The van der Waals surface area contributed by atoms with Gasteiger partial charge in [0.05, 0.1) is 48.3 Å². The normalized spacial score (nSPS) is 11.8. The number of carbonyl (C=O) groups is 5. The van der Waals surface area contributed by atoms with E-state index in [0.29, 0.717) is 10.2 Å². The van der Waals surface area contributed by atoms with Gasteiger partial charge >= 0.3 is 17.9 Å². The fourth-order valence-corrected chi connectivity index (χ4v) is 7.22. The second kappa shape index (κ2) is 15.2. The van der Waals surface area contributed by atoms with Gasteiger partial charge in [0, 0.05) is 13.7 Å². The Balaban J connectivity index is 1.84. The fourth-order valence-electron chi connectivity index (χ4n) is 3.98. The number of hydrogen-bond donors (Lipinski definition) is 1. The van der Waals surface area contributed by atoms with Crippen molar-refractivity contribution in [1.82, 2.24) is 4.57 Å². The van der Waals surface area contributed by atoms with Gasteiger partial charge in [-0.05, 0) is 44.5 Å². The monoisotopic (exact) mass is 669 g/mol. The maximum atomic E-state index is 12.8. The molecule has 14 nitrogen and oxygen atoms in total. The highest BCUT2D eigenvalue weighted by molar-refractivity contribution is 7.92. The second-order valence-corrected chi connectivity index (χ2v) is 13.1. The minimum absolute atomic E-state index is 0.0218. The van der Waals surface area contributed by atoms with Gasteiger partial charge < -0.3 is 28.8 Å². The van der Waals surface area contributed by atoms with Crippen LogP contribution in [0, 0.1) is 6.92 Å². The highest BCUT2D eigenvalue weighted by Crippen LogP contribution is 2.34. The number of ether oxygens (including phenoxy) is 4. The zero-order chi connectivity index (χ0) is 32.6. The summed E-state index contributed by atoms with van der Waals surface area (Å²) in [6.07, 6.45) is 0. The summed E-state index contributed by atoms with van der Waals surface area (Å²) in [7, 11) is -1.58. The Labute approximate surface area is 260 Å². The van der Waals surface area contributed by atoms with Crippen LogP contribution in [-0.4, -0.2) is 88.3 Å². The van der Waals surface area contributed by atoms with Crippen molar-refractivity contribution in [3.63, 3.8) is 0 Å². The Morgan fingerprint density at radius 2 is 1.64 bits per heavy atom. The van der Waals surface area contributed by atoms with Gasteiger partial charge in [0.1, 0.15) is 21.4 Å². The third-order valence-corrected chi connectivity index (χ3v) is 9.49. The first-order valence-corrected chi connectivity index (χ1v) is 16.6. The molecule has 0 saturated heterocycles. The average molecular weight is 670 g/mol. The molecule has 0 atom stereocenters. The number of esters is 3. The lowest BCUT2D eigenvalue weighted by Gasteiger charge is -2.07. The summed E-state index contributed by atoms with van der Waals surface area (Å²) in [4.78, 5) is 66.6. The predicted molar refractivity (Wildman–Crippen MR) is 162 cm³/mol. The van der Waals surface area contributed by atoms with Gasteiger partial charge in [0.25, 0.3) is 5.91 Å². The number of benzene rings is 1. The second-order valence-electron chi connectivity index (χ2n) is 8.99. The standard InChI is InChI=1S/C27H31N3O11S3/c1-6-40-25(34)21-15(3)22(26(35)41-7-2)43-23(21)28-19(31)13-44(36,37)14-20(32)29-27-30(10-11-38-4)17-9-8-16(24(33)39-5)12-18(17)42-27/h8-9,12H,6-7,10-11,13-14H2,1-5H3,(H,28,31). The number of nitrogens with one attached hydrogen (secondary N) is 1. The van der Waals surface area contributed by atoms with Crippen LogP contribution in [0.2, 0.25) is 0 Å². The Hall–Kier alpha value is -3.93. The van der Waals surface area contributed by atoms with Crippen LogP contribution in [0.5, 0.6) is 0 Å². The SMILES string of the molecule is CCOC(=O)c1sc(NC(=O)CS(=O)(=O)CC(=O)N=c2sc3cc(C(=O)OC)ccc3n2CCOC)c(C(=O)OCC)c1C. The molecule has 0 spiro atoms. The smallest absolute Gasteiger partial charge is 0.348 e. The molecule has 2 heterocycles. The summed E-state index contributed by atoms with van der Waals surface area (Å²) in [6.45, 7) is 5.31. The number of rotatable bonds is 13. The largest absolute Gasteiger partial charge is 0.465 e. The van der Waals surface area contributed by atoms with E-state index in [4.69, 9.17) is 18.9 Å². The fraction of sp³-hybridized carbons (Fsp3) is 0.407. The Bertz CT molecular complexity index is 1770. The van der Waals surface area contributed by atoms with Crippen molar-refractivity contribution in [2.24, 2.45) is 4.99 Å². The molecule has 0 radical (unpaired) electrons. The summed E-state index contributed by atoms with van der Waals surface area (Å²) in [6, 6.07) is 4.78. The maximum Gasteiger partial charge on any atom is 0.348 e. The van der Waals surface area contributed by atoms with Gasteiger partial charge in [-0.1, -0.05) is 11.3 Å². The molecule has 0 fully saturated rings. The molecule has 0 saturated carbocycles. The molecule has 238 valence electrons. The van der Waals surface area contributed by atoms with Crippen LogP contribution in [0.1, 0.15) is 49.8 Å². The first-order chi connectivity index (χ1) is 20.8. The molecule has 1 N–H and O–H groups in total. The van der Waals surface area contributed by atoms with Gasteiger partial charge in [-0.3, -0.25) is 9.59 Å². The number of nitrogens with zero attached hydrogens (tertiary/aromatic N) is 2. The van der Waals surface area contributed by atoms with Gasteiger partial charge in [0.2, 0.25) is 5.91 Å². The van der Waals surface area contributed by atoms with E-state index in [1.54, 1.807) is 36.6 Å². The van der Waals surface area contributed by atoms with Crippen molar-refractivity contribution < 1.29 is 51.3 Å². The maximum absolute atomic E-state index is 12.8. The van der Waals surface area contributed by atoms with Crippen molar-refractivity contribution in [3.05, 3.63) is 44.6 Å². The first-order valence-electron chi connectivity index (χ1n) is 13.1. The summed E-state index contributed by atoms with van der Waals surface area (Å²) in [5, 5.41) is 2.27. The summed E-state index contributed by atoms with van der Waals surface area (Å²) >= 11 is 1.81.